The Labute approximate surface area is 116 Å². The summed E-state index contributed by atoms with van der Waals surface area (Å²) in [6, 6.07) is 0. The van der Waals surface area contributed by atoms with Gasteiger partial charge in [-0.2, -0.15) is 0 Å². The molecule has 0 bridgehead atoms. The Hall–Kier alpha value is -0.990. The third kappa shape index (κ3) is 2.96. The van der Waals surface area contributed by atoms with E-state index in [1.807, 2.05) is 6.92 Å². The molecular formula is C11H16N2O4S2. The molecule has 106 valence electrons. The second-order valence-electron chi connectivity index (χ2n) is 4.97. The van der Waals surface area contributed by atoms with Crippen LogP contribution in [0.5, 0.6) is 0 Å². The molecule has 1 aliphatic carbocycles. The number of nitrogens with zero attached hydrogens (tertiary/aromatic N) is 1. The first kappa shape index (κ1) is 14.4. The van der Waals surface area contributed by atoms with E-state index in [1.165, 1.54) is 12.6 Å². The fourth-order valence-corrected chi connectivity index (χ4v) is 4.32. The van der Waals surface area contributed by atoms with Gasteiger partial charge in [0.15, 0.2) is 9.90 Å². The maximum Gasteiger partial charge on any atom is 0.358 e. The van der Waals surface area contributed by atoms with Gasteiger partial charge >= 0.3 is 5.97 Å². The summed E-state index contributed by atoms with van der Waals surface area (Å²) < 4.78 is 31.3. The molecule has 1 saturated carbocycles. The van der Waals surface area contributed by atoms with Gasteiger partial charge in [-0.1, -0.05) is 13.3 Å². The van der Waals surface area contributed by atoms with Crippen molar-refractivity contribution in [3.63, 3.8) is 0 Å². The number of thiazole rings is 1. The van der Waals surface area contributed by atoms with Crippen molar-refractivity contribution in [1.29, 1.82) is 0 Å². The molecule has 1 N–H and O–H groups in total. The second-order valence-corrected chi connectivity index (χ2v) is 7.79. The fraction of sp³-hybridized carbons (Fsp3) is 0.636. The molecule has 1 fully saturated rings. The van der Waals surface area contributed by atoms with E-state index in [0.29, 0.717) is 6.54 Å². The summed E-state index contributed by atoms with van der Waals surface area (Å²) in [5, 5.41) is 0. The summed E-state index contributed by atoms with van der Waals surface area (Å²) in [5.41, 5.74) is 1.20. The van der Waals surface area contributed by atoms with Crippen molar-refractivity contribution < 1.29 is 17.9 Å². The van der Waals surface area contributed by atoms with Crippen LogP contribution in [0.25, 0.3) is 0 Å². The Kier molecular flexibility index (Phi) is 3.93. The average Bonchev–Trinajstić information content (AvgIpc) is 2.83. The Morgan fingerprint density at radius 3 is 2.79 bits per heavy atom. The molecule has 2 rings (SSSR count). The van der Waals surface area contributed by atoms with E-state index in [1.54, 1.807) is 0 Å². The number of aromatic nitrogens is 1. The van der Waals surface area contributed by atoms with Crippen LogP contribution in [-0.2, 0) is 14.8 Å². The van der Waals surface area contributed by atoms with Crippen LogP contribution in [0.1, 0.15) is 36.7 Å². The van der Waals surface area contributed by atoms with Crippen molar-refractivity contribution in [2.75, 3.05) is 13.7 Å². The zero-order valence-electron chi connectivity index (χ0n) is 10.8. The largest absolute Gasteiger partial charge is 0.464 e. The van der Waals surface area contributed by atoms with Crippen molar-refractivity contribution in [1.82, 2.24) is 9.71 Å². The molecule has 1 aliphatic rings. The number of sulfonamides is 1. The number of carbonyl (C=O) groups is 1. The third-order valence-corrected chi connectivity index (χ3v) is 6.18. The maximum atomic E-state index is 12.2. The van der Waals surface area contributed by atoms with Crippen LogP contribution in [0, 0.1) is 5.41 Å². The molecule has 0 saturated heterocycles. The number of esters is 1. The first-order chi connectivity index (χ1) is 8.88. The van der Waals surface area contributed by atoms with Gasteiger partial charge in [-0.25, -0.2) is 22.9 Å². The maximum absolute atomic E-state index is 12.2. The van der Waals surface area contributed by atoms with E-state index in [4.69, 9.17) is 0 Å². The summed E-state index contributed by atoms with van der Waals surface area (Å²) in [4.78, 5) is 15.2. The number of methoxy groups -OCH3 is 1. The molecule has 0 atom stereocenters. The van der Waals surface area contributed by atoms with Gasteiger partial charge in [0.1, 0.15) is 0 Å². The minimum absolute atomic E-state index is 0.0309. The Balaban J connectivity index is 2.15. The first-order valence-electron chi connectivity index (χ1n) is 5.89. The van der Waals surface area contributed by atoms with E-state index in [2.05, 4.69) is 14.4 Å². The van der Waals surface area contributed by atoms with Crippen LogP contribution in [0.2, 0.25) is 0 Å². The first-order valence-corrected chi connectivity index (χ1v) is 8.26. The number of ether oxygens (including phenoxy) is 1. The highest BCUT2D eigenvalue weighted by atomic mass is 32.2. The van der Waals surface area contributed by atoms with Gasteiger partial charge in [0.05, 0.1) is 12.6 Å². The molecule has 8 heteroatoms. The van der Waals surface area contributed by atoms with E-state index in [-0.39, 0.29) is 15.3 Å². The summed E-state index contributed by atoms with van der Waals surface area (Å²) in [6.07, 6.45) is 3.16. The summed E-state index contributed by atoms with van der Waals surface area (Å²) in [6.45, 7) is 2.43. The normalized spacial score (nSPS) is 17.8. The summed E-state index contributed by atoms with van der Waals surface area (Å²) in [5.74, 6) is -0.739. The van der Waals surface area contributed by atoms with E-state index in [0.717, 1.165) is 30.6 Å². The quantitative estimate of drug-likeness (QED) is 0.831. The zero-order chi connectivity index (χ0) is 14.1. The number of rotatable bonds is 5. The lowest BCUT2D eigenvalue weighted by molar-refractivity contribution is 0.0590. The fourth-order valence-electron chi connectivity index (χ4n) is 1.95. The van der Waals surface area contributed by atoms with Gasteiger partial charge in [-0.05, 0) is 18.3 Å². The molecule has 0 aliphatic heterocycles. The highest BCUT2D eigenvalue weighted by Crippen LogP contribution is 2.39. The topological polar surface area (TPSA) is 85.4 Å². The molecule has 0 unspecified atom stereocenters. The van der Waals surface area contributed by atoms with Crippen LogP contribution in [-0.4, -0.2) is 33.0 Å². The lowest BCUT2D eigenvalue weighted by Gasteiger charge is -2.38. The molecule has 6 nitrogen and oxygen atoms in total. The minimum atomic E-state index is -3.71. The minimum Gasteiger partial charge on any atom is -0.464 e. The molecule has 1 heterocycles. The van der Waals surface area contributed by atoms with Gasteiger partial charge in [0.25, 0.3) is 10.0 Å². The lowest BCUT2D eigenvalue weighted by Crippen LogP contribution is -2.40. The highest BCUT2D eigenvalue weighted by molar-refractivity contribution is 7.91. The molecule has 0 aromatic carbocycles. The molecule has 1 aromatic rings. The Morgan fingerprint density at radius 1 is 1.58 bits per heavy atom. The predicted molar refractivity (Wildman–Crippen MR) is 70.6 cm³/mol. The highest BCUT2D eigenvalue weighted by Gasteiger charge is 2.34. The monoisotopic (exact) mass is 304 g/mol. The van der Waals surface area contributed by atoms with Gasteiger partial charge in [0.2, 0.25) is 0 Å². The van der Waals surface area contributed by atoms with Crippen LogP contribution in [0.3, 0.4) is 0 Å². The van der Waals surface area contributed by atoms with Crippen LogP contribution < -0.4 is 4.72 Å². The van der Waals surface area contributed by atoms with Crippen LogP contribution >= 0.6 is 11.3 Å². The lowest BCUT2D eigenvalue weighted by atomic mass is 9.71. The number of hydrogen-bond acceptors (Lipinski definition) is 6. The van der Waals surface area contributed by atoms with Gasteiger partial charge in [-0.15, -0.1) is 11.3 Å². The van der Waals surface area contributed by atoms with Crippen molar-refractivity contribution in [2.24, 2.45) is 5.41 Å². The van der Waals surface area contributed by atoms with E-state index in [9.17, 15) is 13.2 Å². The molecular weight excluding hydrogens is 288 g/mol. The standard InChI is InChI=1S/C11H16N2O4S2/c1-11(4-3-5-11)6-13-19(15,16)10-8(9(14)17-2)12-7-18-10/h7,13H,3-6H2,1-2H3. The SMILES string of the molecule is COC(=O)c1ncsc1S(=O)(=O)NCC1(C)CCC1. The van der Waals surface area contributed by atoms with Crippen LogP contribution in [0.15, 0.2) is 9.72 Å². The molecule has 0 amide bonds. The number of nitrogens with one attached hydrogen (secondary N) is 1. The smallest absolute Gasteiger partial charge is 0.358 e. The molecule has 1 aromatic heterocycles. The molecule has 0 radical (unpaired) electrons. The number of carbonyl (C=O) groups excluding carboxylic acids is 1. The van der Waals surface area contributed by atoms with E-state index < -0.39 is 16.0 Å². The van der Waals surface area contributed by atoms with Gasteiger partial charge in [-0.3, -0.25) is 0 Å². The van der Waals surface area contributed by atoms with Gasteiger partial charge in [0, 0.05) is 6.54 Å². The predicted octanol–water partition coefficient (Wildman–Crippen LogP) is 1.40. The summed E-state index contributed by atoms with van der Waals surface area (Å²) in [7, 11) is -2.51. The Bertz CT molecular complexity index is 575. The zero-order valence-corrected chi connectivity index (χ0v) is 12.4. The van der Waals surface area contributed by atoms with Crippen molar-refractivity contribution in [3.05, 3.63) is 11.2 Å². The van der Waals surface area contributed by atoms with Crippen LogP contribution in [0.4, 0.5) is 0 Å². The molecule has 19 heavy (non-hydrogen) atoms. The second kappa shape index (κ2) is 5.18. The average molecular weight is 304 g/mol. The van der Waals surface area contributed by atoms with E-state index >= 15 is 0 Å². The van der Waals surface area contributed by atoms with Gasteiger partial charge < -0.3 is 4.74 Å². The Morgan fingerprint density at radius 2 is 2.26 bits per heavy atom. The van der Waals surface area contributed by atoms with Crippen molar-refractivity contribution >= 4 is 27.3 Å². The molecule has 0 spiro atoms. The third-order valence-electron chi connectivity index (χ3n) is 3.41. The summed E-state index contributed by atoms with van der Waals surface area (Å²) >= 11 is 0.914. The number of hydrogen-bond donors (Lipinski definition) is 1. The van der Waals surface area contributed by atoms with Crippen molar-refractivity contribution in [2.45, 2.75) is 30.4 Å². The van der Waals surface area contributed by atoms with Crippen molar-refractivity contribution in [3.8, 4) is 0 Å².